The second kappa shape index (κ2) is 9.78. The van der Waals surface area contributed by atoms with E-state index in [0.717, 1.165) is 31.4 Å². The summed E-state index contributed by atoms with van der Waals surface area (Å²) >= 11 is 0. The molecule has 0 fully saturated rings. The molecule has 7 nitrogen and oxygen atoms in total. The van der Waals surface area contributed by atoms with Crippen LogP contribution in [0.5, 0.6) is 0 Å². The van der Waals surface area contributed by atoms with Crippen LogP contribution in [-0.4, -0.2) is 51.8 Å². The summed E-state index contributed by atoms with van der Waals surface area (Å²) in [6, 6.07) is 10.9. The van der Waals surface area contributed by atoms with Crippen molar-refractivity contribution < 1.29 is 0 Å². The van der Waals surface area contributed by atoms with Crippen LogP contribution in [0.2, 0.25) is 0 Å². The van der Waals surface area contributed by atoms with Gasteiger partial charge in [-0.15, -0.1) is 0 Å². The fourth-order valence-electron chi connectivity index (χ4n) is 2.38. The summed E-state index contributed by atoms with van der Waals surface area (Å²) in [6.45, 7) is 7.33. The van der Waals surface area contributed by atoms with Gasteiger partial charge >= 0.3 is 0 Å². The van der Waals surface area contributed by atoms with Gasteiger partial charge in [-0.1, -0.05) is 30.3 Å². The summed E-state index contributed by atoms with van der Waals surface area (Å²) in [5, 5.41) is 10.7. The van der Waals surface area contributed by atoms with E-state index in [1.165, 1.54) is 5.56 Å². The van der Waals surface area contributed by atoms with Gasteiger partial charge in [-0.25, -0.2) is 9.98 Å². The SMILES string of the molecule is CCNC(=NCc1ncnn1C)NCC(C)N(C)Cc1ccccc1. The van der Waals surface area contributed by atoms with Crippen molar-refractivity contribution >= 4 is 5.96 Å². The number of hydrogen-bond acceptors (Lipinski definition) is 4. The number of aryl methyl sites for hydroxylation is 1. The van der Waals surface area contributed by atoms with Crippen LogP contribution in [-0.2, 0) is 20.1 Å². The van der Waals surface area contributed by atoms with Crippen LogP contribution in [0.1, 0.15) is 25.2 Å². The molecule has 136 valence electrons. The standard InChI is InChI=1S/C18H29N7/c1-5-19-18(21-12-17-22-14-23-25(17)4)20-11-15(2)24(3)13-16-9-7-6-8-10-16/h6-10,14-15H,5,11-13H2,1-4H3,(H2,19,20,21). The monoisotopic (exact) mass is 343 g/mol. The molecule has 0 saturated carbocycles. The minimum absolute atomic E-state index is 0.374. The molecule has 0 aliphatic heterocycles. The highest BCUT2D eigenvalue weighted by Crippen LogP contribution is 2.05. The number of aliphatic imine (C=N–C) groups is 1. The van der Waals surface area contributed by atoms with E-state index in [2.05, 4.69) is 75.8 Å². The predicted molar refractivity (Wildman–Crippen MR) is 101 cm³/mol. The number of aromatic nitrogens is 3. The molecule has 1 aromatic heterocycles. The lowest BCUT2D eigenvalue weighted by molar-refractivity contribution is 0.249. The molecule has 2 rings (SSSR count). The fraction of sp³-hybridized carbons (Fsp3) is 0.500. The Kier molecular flexibility index (Phi) is 7.40. The van der Waals surface area contributed by atoms with Gasteiger partial charge in [0.15, 0.2) is 5.96 Å². The number of likely N-dealkylation sites (N-methyl/N-ethyl adjacent to an activating group) is 1. The highest BCUT2D eigenvalue weighted by Gasteiger charge is 2.10. The lowest BCUT2D eigenvalue weighted by atomic mass is 10.2. The number of nitrogens with zero attached hydrogens (tertiary/aromatic N) is 5. The topological polar surface area (TPSA) is 70.4 Å². The Labute approximate surface area is 150 Å². The molecule has 1 unspecified atom stereocenters. The maximum absolute atomic E-state index is 4.58. The Hall–Kier alpha value is -2.41. The van der Waals surface area contributed by atoms with Crippen molar-refractivity contribution in [3.63, 3.8) is 0 Å². The zero-order valence-electron chi connectivity index (χ0n) is 15.6. The molecule has 1 atom stereocenters. The molecule has 0 bridgehead atoms. The normalized spacial score (nSPS) is 13.1. The molecule has 0 spiro atoms. The van der Waals surface area contributed by atoms with E-state index in [4.69, 9.17) is 0 Å². The van der Waals surface area contributed by atoms with E-state index in [1.807, 2.05) is 13.1 Å². The number of benzene rings is 1. The first-order valence-electron chi connectivity index (χ1n) is 8.69. The molecule has 0 aliphatic rings. The second-order valence-electron chi connectivity index (χ2n) is 6.13. The summed E-state index contributed by atoms with van der Waals surface area (Å²) in [5.74, 6) is 1.64. The number of nitrogens with one attached hydrogen (secondary N) is 2. The van der Waals surface area contributed by atoms with Crippen molar-refractivity contribution in [1.29, 1.82) is 0 Å². The third-order valence-corrected chi connectivity index (χ3v) is 4.12. The third-order valence-electron chi connectivity index (χ3n) is 4.12. The molecular weight excluding hydrogens is 314 g/mol. The molecule has 0 amide bonds. The number of guanidine groups is 1. The molecule has 2 aromatic rings. The van der Waals surface area contributed by atoms with Crippen LogP contribution in [0, 0.1) is 0 Å². The molecule has 2 N–H and O–H groups in total. The van der Waals surface area contributed by atoms with Crippen LogP contribution in [0.25, 0.3) is 0 Å². The molecule has 1 heterocycles. The smallest absolute Gasteiger partial charge is 0.191 e. The quantitative estimate of drug-likeness (QED) is 0.560. The minimum Gasteiger partial charge on any atom is -0.357 e. The first-order chi connectivity index (χ1) is 12.1. The summed E-state index contributed by atoms with van der Waals surface area (Å²) in [6.07, 6.45) is 1.55. The van der Waals surface area contributed by atoms with Crippen LogP contribution < -0.4 is 10.6 Å². The van der Waals surface area contributed by atoms with Gasteiger partial charge in [-0.05, 0) is 26.5 Å². The van der Waals surface area contributed by atoms with Crippen LogP contribution in [0.15, 0.2) is 41.7 Å². The van der Waals surface area contributed by atoms with Gasteiger partial charge in [0.25, 0.3) is 0 Å². The first kappa shape index (κ1) is 18.9. The second-order valence-corrected chi connectivity index (χ2v) is 6.13. The number of rotatable bonds is 8. The van der Waals surface area contributed by atoms with Crippen molar-refractivity contribution in [3.05, 3.63) is 48.0 Å². The van der Waals surface area contributed by atoms with Crippen LogP contribution in [0.4, 0.5) is 0 Å². The predicted octanol–water partition coefficient (Wildman–Crippen LogP) is 1.39. The molecule has 0 aliphatic carbocycles. The zero-order chi connectivity index (χ0) is 18.1. The Morgan fingerprint density at radius 2 is 2.04 bits per heavy atom. The van der Waals surface area contributed by atoms with Crippen LogP contribution in [0.3, 0.4) is 0 Å². The van der Waals surface area contributed by atoms with E-state index in [-0.39, 0.29) is 0 Å². The Morgan fingerprint density at radius 1 is 1.28 bits per heavy atom. The van der Waals surface area contributed by atoms with Crippen molar-refractivity contribution in [2.24, 2.45) is 12.0 Å². The lowest BCUT2D eigenvalue weighted by Crippen LogP contribution is -2.44. The van der Waals surface area contributed by atoms with Crippen molar-refractivity contribution in [1.82, 2.24) is 30.3 Å². The van der Waals surface area contributed by atoms with Crippen molar-refractivity contribution in [2.45, 2.75) is 33.0 Å². The maximum Gasteiger partial charge on any atom is 0.191 e. The van der Waals surface area contributed by atoms with Crippen LogP contribution >= 0.6 is 0 Å². The summed E-state index contributed by atoms with van der Waals surface area (Å²) < 4.78 is 1.74. The summed E-state index contributed by atoms with van der Waals surface area (Å²) in [7, 11) is 4.02. The zero-order valence-corrected chi connectivity index (χ0v) is 15.6. The summed E-state index contributed by atoms with van der Waals surface area (Å²) in [5.41, 5.74) is 1.32. The van der Waals surface area contributed by atoms with Gasteiger partial charge in [0.2, 0.25) is 0 Å². The highest BCUT2D eigenvalue weighted by atomic mass is 15.3. The van der Waals surface area contributed by atoms with Gasteiger partial charge in [-0.3, -0.25) is 9.58 Å². The van der Waals surface area contributed by atoms with E-state index < -0.39 is 0 Å². The Morgan fingerprint density at radius 3 is 2.68 bits per heavy atom. The third kappa shape index (κ3) is 6.19. The summed E-state index contributed by atoms with van der Waals surface area (Å²) in [4.78, 5) is 11.1. The Balaban J connectivity index is 1.85. The highest BCUT2D eigenvalue weighted by molar-refractivity contribution is 5.79. The van der Waals surface area contributed by atoms with E-state index in [1.54, 1.807) is 11.0 Å². The van der Waals surface area contributed by atoms with E-state index in [0.29, 0.717) is 12.6 Å². The van der Waals surface area contributed by atoms with Gasteiger partial charge in [0.05, 0.1) is 0 Å². The van der Waals surface area contributed by atoms with Crippen molar-refractivity contribution in [3.8, 4) is 0 Å². The van der Waals surface area contributed by atoms with E-state index in [9.17, 15) is 0 Å². The van der Waals surface area contributed by atoms with Gasteiger partial charge in [0, 0.05) is 32.7 Å². The fourth-order valence-corrected chi connectivity index (χ4v) is 2.38. The average molecular weight is 343 g/mol. The molecule has 7 heteroatoms. The Bertz CT molecular complexity index is 650. The molecule has 25 heavy (non-hydrogen) atoms. The molecule has 0 saturated heterocycles. The minimum atomic E-state index is 0.374. The van der Waals surface area contributed by atoms with Gasteiger partial charge in [0.1, 0.15) is 18.7 Å². The van der Waals surface area contributed by atoms with Crippen molar-refractivity contribution in [2.75, 3.05) is 20.1 Å². The van der Waals surface area contributed by atoms with Gasteiger partial charge < -0.3 is 10.6 Å². The molecular formula is C18H29N7. The lowest BCUT2D eigenvalue weighted by Gasteiger charge is -2.25. The van der Waals surface area contributed by atoms with Gasteiger partial charge in [-0.2, -0.15) is 5.10 Å². The van der Waals surface area contributed by atoms with E-state index >= 15 is 0 Å². The molecule has 0 radical (unpaired) electrons. The average Bonchev–Trinajstić information content (AvgIpc) is 3.03. The maximum atomic E-state index is 4.58. The largest absolute Gasteiger partial charge is 0.357 e. The molecule has 1 aromatic carbocycles. The first-order valence-corrected chi connectivity index (χ1v) is 8.69. The number of hydrogen-bond donors (Lipinski definition) is 2.